The molecule has 6 heteroatoms. The minimum absolute atomic E-state index is 0.301. The van der Waals surface area contributed by atoms with Crippen LogP contribution in [0.15, 0.2) is 4.42 Å². The van der Waals surface area contributed by atoms with E-state index in [4.69, 9.17) is 16.6 Å². The van der Waals surface area contributed by atoms with Crippen LogP contribution in [-0.2, 0) is 6.42 Å². The van der Waals surface area contributed by atoms with Gasteiger partial charge in [0.05, 0.1) is 10.7 Å². The lowest BCUT2D eigenvalue weighted by Gasteiger charge is -1.87. The van der Waals surface area contributed by atoms with Crippen molar-refractivity contribution in [1.82, 2.24) is 15.2 Å². The molecule has 2 aromatic rings. The molecule has 0 unspecified atom stereocenters. The molecule has 15 heavy (non-hydrogen) atoms. The van der Waals surface area contributed by atoms with Crippen LogP contribution >= 0.6 is 23.6 Å². The molecule has 80 valence electrons. The summed E-state index contributed by atoms with van der Waals surface area (Å²) >= 11 is 6.45. The molecule has 0 aromatic carbocycles. The summed E-state index contributed by atoms with van der Waals surface area (Å²) < 4.78 is 5.26. The fourth-order valence-corrected chi connectivity index (χ4v) is 2.52. The minimum Gasteiger partial charge on any atom is -0.408 e. The highest BCUT2D eigenvalue weighted by Gasteiger charge is 2.13. The van der Waals surface area contributed by atoms with Gasteiger partial charge in [0.1, 0.15) is 4.88 Å². The smallest absolute Gasteiger partial charge is 0.284 e. The van der Waals surface area contributed by atoms with Gasteiger partial charge < -0.3 is 4.42 Å². The standard InChI is InChI=1S/C9H11N3OS2/c1-3-4-6-10-5(2)7(15-6)8-11-12-9(14)13-8/h3-4H2,1-2H3,(H,12,14). The monoisotopic (exact) mass is 241 g/mol. The molecule has 0 saturated heterocycles. The molecule has 0 aliphatic heterocycles. The van der Waals surface area contributed by atoms with E-state index in [9.17, 15) is 0 Å². The van der Waals surface area contributed by atoms with Gasteiger partial charge in [0.15, 0.2) is 0 Å². The number of hydrogen-bond acceptors (Lipinski definition) is 5. The molecule has 0 saturated carbocycles. The highest BCUT2D eigenvalue weighted by molar-refractivity contribution is 7.71. The first kappa shape index (κ1) is 10.5. The lowest BCUT2D eigenvalue weighted by atomic mass is 10.3. The minimum atomic E-state index is 0.301. The van der Waals surface area contributed by atoms with Crippen LogP contribution in [0, 0.1) is 11.8 Å². The maximum absolute atomic E-state index is 5.26. The number of thiazole rings is 1. The molecular formula is C9H11N3OS2. The maximum Gasteiger partial charge on any atom is 0.284 e. The van der Waals surface area contributed by atoms with E-state index in [0.717, 1.165) is 28.4 Å². The van der Waals surface area contributed by atoms with Crippen LogP contribution in [0.1, 0.15) is 24.0 Å². The molecule has 0 bridgehead atoms. The third kappa shape index (κ3) is 2.15. The number of aromatic nitrogens is 3. The topological polar surface area (TPSA) is 54.7 Å². The number of aromatic amines is 1. The summed E-state index contributed by atoms with van der Waals surface area (Å²) in [5.41, 5.74) is 0.953. The fourth-order valence-electron chi connectivity index (χ4n) is 1.30. The number of aryl methyl sites for hydroxylation is 2. The molecule has 0 spiro atoms. The van der Waals surface area contributed by atoms with E-state index >= 15 is 0 Å². The summed E-state index contributed by atoms with van der Waals surface area (Å²) in [4.78, 5) is 5.72. The van der Waals surface area contributed by atoms with E-state index in [0.29, 0.717) is 10.7 Å². The van der Waals surface area contributed by atoms with Crippen molar-refractivity contribution in [3.8, 4) is 10.8 Å². The first-order valence-corrected chi connectivity index (χ1v) is 5.95. The third-order valence-corrected chi connectivity index (χ3v) is 3.32. The summed E-state index contributed by atoms with van der Waals surface area (Å²) in [7, 11) is 0. The molecule has 0 atom stereocenters. The summed E-state index contributed by atoms with van der Waals surface area (Å²) in [6.07, 6.45) is 2.09. The van der Waals surface area contributed by atoms with Gasteiger partial charge in [-0.3, -0.25) is 0 Å². The summed E-state index contributed by atoms with van der Waals surface area (Å²) in [5, 5.41) is 7.73. The van der Waals surface area contributed by atoms with Gasteiger partial charge in [0.2, 0.25) is 0 Å². The Morgan fingerprint density at radius 1 is 1.53 bits per heavy atom. The third-order valence-electron chi connectivity index (χ3n) is 1.94. The zero-order chi connectivity index (χ0) is 10.8. The Morgan fingerprint density at radius 2 is 2.33 bits per heavy atom. The van der Waals surface area contributed by atoms with E-state index < -0.39 is 0 Å². The highest BCUT2D eigenvalue weighted by Crippen LogP contribution is 2.28. The van der Waals surface area contributed by atoms with E-state index in [-0.39, 0.29) is 0 Å². The quantitative estimate of drug-likeness (QED) is 0.839. The van der Waals surface area contributed by atoms with Crippen molar-refractivity contribution in [2.24, 2.45) is 0 Å². The molecular weight excluding hydrogens is 230 g/mol. The van der Waals surface area contributed by atoms with Crippen molar-refractivity contribution >= 4 is 23.6 Å². The molecule has 0 amide bonds. The first-order chi connectivity index (χ1) is 7.20. The summed E-state index contributed by atoms with van der Waals surface area (Å²) in [6.45, 7) is 4.09. The molecule has 0 aliphatic rings. The number of nitrogens with one attached hydrogen (secondary N) is 1. The highest BCUT2D eigenvalue weighted by atomic mass is 32.1. The van der Waals surface area contributed by atoms with Crippen molar-refractivity contribution in [2.75, 3.05) is 0 Å². The van der Waals surface area contributed by atoms with E-state index in [1.807, 2.05) is 6.92 Å². The van der Waals surface area contributed by atoms with Crippen LogP contribution in [0.2, 0.25) is 0 Å². The van der Waals surface area contributed by atoms with Gasteiger partial charge >= 0.3 is 0 Å². The van der Waals surface area contributed by atoms with Crippen molar-refractivity contribution in [3.63, 3.8) is 0 Å². The molecule has 4 nitrogen and oxygen atoms in total. The fraction of sp³-hybridized carbons (Fsp3) is 0.444. The second-order valence-electron chi connectivity index (χ2n) is 3.19. The van der Waals surface area contributed by atoms with E-state index in [2.05, 4.69) is 22.1 Å². The molecule has 0 radical (unpaired) electrons. The average molecular weight is 241 g/mol. The molecule has 0 aliphatic carbocycles. The Balaban J connectivity index is 2.40. The van der Waals surface area contributed by atoms with Crippen molar-refractivity contribution < 1.29 is 4.42 Å². The molecule has 2 rings (SSSR count). The molecule has 0 fully saturated rings. The molecule has 1 N–H and O–H groups in total. The van der Waals surface area contributed by atoms with Gasteiger partial charge in [-0.1, -0.05) is 6.92 Å². The van der Waals surface area contributed by atoms with Gasteiger partial charge in [-0.25, -0.2) is 10.1 Å². The van der Waals surface area contributed by atoms with Crippen LogP contribution in [0.5, 0.6) is 0 Å². The van der Waals surface area contributed by atoms with Gasteiger partial charge in [-0.15, -0.1) is 16.4 Å². The Bertz CT molecular complexity index is 511. The Hall–Kier alpha value is -1.01. The van der Waals surface area contributed by atoms with Crippen LogP contribution in [-0.4, -0.2) is 15.2 Å². The Kier molecular flexibility index (Phi) is 2.97. The van der Waals surface area contributed by atoms with Gasteiger partial charge in [0.25, 0.3) is 10.7 Å². The zero-order valence-electron chi connectivity index (χ0n) is 8.53. The van der Waals surface area contributed by atoms with Crippen molar-refractivity contribution in [1.29, 1.82) is 0 Å². The number of H-pyrrole nitrogens is 1. The lowest BCUT2D eigenvalue weighted by Crippen LogP contribution is -1.80. The molecule has 2 heterocycles. The van der Waals surface area contributed by atoms with Gasteiger partial charge in [-0.2, -0.15) is 0 Å². The first-order valence-electron chi connectivity index (χ1n) is 4.73. The van der Waals surface area contributed by atoms with Crippen LogP contribution in [0.4, 0.5) is 0 Å². The van der Waals surface area contributed by atoms with Crippen molar-refractivity contribution in [2.45, 2.75) is 26.7 Å². The lowest BCUT2D eigenvalue weighted by molar-refractivity contribution is 0.553. The predicted octanol–water partition coefficient (Wildman–Crippen LogP) is 3.12. The maximum atomic E-state index is 5.26. The number of nitrogens with zero attached hydrogens (tertiary/aromatic N) is 2. The second-order valence-corrected chi connectivity index (χ2v) is 4.64. The van der Waals surface area contributed by atoms with Crippen LogP contribution < -0.4 is 0 Å². The van der Waals surface area contributed by atoms with Crippen molar-refractivity contribution in [3.05, 3.63) is 15.5 Å². The summed E-state index contributed by atoms with van der Waals surface area (Å²) in [6, 6.07) is 0. The molecule has 2 aromatic heterocycles. The Labute approximate surface area is 96.4 Å². The average Bonchev–Trinajstić information content (AvgIpc) is 2.73. The second kappa shape index (κ2) is 4.24. The van der Waals surface area contributed by atoms with E-state index in [1.54, 1.807) is 11.3 Å². The van der Waals surface area contributed by atoms with Gasteiger partial charge in [-0.05, 0) is 32.0 Å². The SMILES string of the molecule is CCCc1nc(C)c(-c2n[nH]c(=S)o2)s1. The number of rotatable bonds is 3. The largest absolute Gasteiger partial charge is 0.408 e. The van der Waals surface area contributed by atoms with Crippen LogP contribution in [0.3, 0.4) is 0 Å². The summed E-state index contributed by atoms with van der Waals surface area (Å²) in [5.74, 6) is 0.539. The Morgan fingerprint density at radius 3 is 2.93 bits per heavy atom. The van der Waals surface area contributed by atoms with Crippen LogP contribution in [0.25, 0.3) is 10.8 Å². The predicted molar refractivity (Wildman–Crippen MR) is 61.5 cm³/mol. The normalized spacial score (nSPS) is 10.8. The van der Waals surface area contributed by atoms with E-state index in [1.165, 1.54) is 0 Å². The number of hydrogen-bond donors (Lipinski definition) is 1. The zero-order valence-corrected chi connectivity index (χ0v) is 10.2. The van der Waals surface area contributed by atoms with Gasteiger partial charge in [0, 0.05) is 0 Å².